The van der Waals surface area contributed by atoms with Crippen molar-refractivity contribution in [3.05, 3.63) is 60.0 Å². The number of halogens is 3. The molecule has 0 spiro atoms. The molecule has 0 bridgehead atoms. The van der Waals surface area contributed by atoms with Gasteiger partial charge in [-0.1, -0.05) is 29.4 Å². The Morgan fingerprint density at radius 2 is 1.90 bits per heavy atom. The minimum atomic E-state index is -4.45. The number of hydrogen-bond acceptors (Lipinski definition) is 7. The number of rotatable bonds is 6. The highest BCUT2D eigenvalue weighted by Crippen LogP contribution is 2.31. The highest BCUT2D eigenvalue weighted by molar-refractivity contribution is 5.63. The zero-order valence-electron chi connectivity index (χ0n) is 15.7. The molecule has 4 aromatic rings. The van der Waals surface area contributed by atoms with Crippen LogP contribution in [0.25, 0.3) is 22.8 Å². The molecule has 2 heterocycles. The summed E-state index contributed by atoms with van der Waals surface area (Å²) in [4.78, 5) is 5.48. The van der Waals surface area contributed by atoms with Crippen molar-refractivity contribution in [2.75, 3.05) is 6.61 Å². The van der Waals surface area contributed by atoms with E-state index in [0.29, 0.717) is 23.7 Å². The van der Waals surface area contributed by atoms with Gasteiger partial charge in [0.25, 0.3) is 5.89 Å². The number of nitrogens with zero attached hydrogens (tertiary/aromatic N) is 6. The zero-order valence-corrected chi connectivity index (χ0v) is 15.7. The van der Waals surface area contributed by atoms with Gasteiger partial charge in [0.05, 0.1) is 17.7 Å². The molecule has 2 aromatic heterocycles. The van der Waals surface area contributed by atoms with Gasteiger partial charge >= 0.3 is 6.18 Å². The summed E-state index contributed by atoms with van der Waals surface area (Å²) in [6, 6.07) is 12.0. The third-order valence-corrected chi connectivity index (χ3v) is 4.07. The molecule has 8 nitrogen and oxygen atoms in total. The monoisotopic (exact) mass is 416 g/mol. The van der Waals surface area contributed by atoms with Crippen LogP contribution < -0.4 is 4.74 Å². The van der Waals surface area contributed by atoms with Crippen molar-refractivity contribution >= 4 is 0 Å². The second-order valence-corrected chi connectivity index (χ2v) is 6.16. The largest absolute Gasteiger partial charge is 0.493 e. The second-order valence-electron chi connectivity index (χ2n) is 6.16. The van der Waals surface area contributed by atoms with Gasteiger partial charge in [-0.05, 0) is 36.4 Å². The molecule has 30 heavy (non-hydrogen) atoms. The van der Waals surface area contributed by atoms with E-state index in [4.69, 9.17) is 9.26 Å². The van der Waals surface area contributed by atoms with Gasteiger partial charge in [0.1, 0.15) is 12.3 Å². The Kier molecular flexibility index (Phi) is 5.17. The van der Waals surface area contributed by atoms with E-state index in [-0.39, 0.29) is 23.8 Å². The number of alkyl halides is 3. The van der Waals surface area contributed by atoms with Crippen LogP contribution in [0, 0.1) is 0 Å². The highest BCUT2D eigenvalue weighted by atomic mass is 19.4. The van der Waals surface area contributed by atoms with Crippen LogP contribution in [0.1, 0.15) is 18.4 Å². The maximum absolute atomic E-state index is 12.9. The standard InChI is InChI=1S/C19H15F3N6O2/c1-2-29-15-9-4-3-8-14(15)18-23-16(30-26-18)11-28-25-17(24-27-28)12-6-5-7-13(10-12)19(20,21)22/h3-10H,2,11H2,1H3. The molecule has 0 aliphatic rings. The van der Waals surface area contributed by atoms with E-state index in [0.717, 1.165) is 12.1 Å². The van der Waals surface area contributed by atoms with Gasteiger partial charge < -0.3 is 9.26 Å². The number of tetrazole rings is 1. The maximum Gasteiger partial charge on any atom is 0.416 e. The summed E-state index contributed by atoms with van der Waals surface area (Å²) in [6.45, 7) is 2.37. The van der Waals surface area contributed by atoms with Crippen molar-refractivity contribution in [1.29, 1.82) is 0 Å². The number of ether oxygens (including phenoxy) is 1. The van der Waals surface area contributed by atoms with Crippen LogP contribution in [-0.4, -0.2) is 37.0 Å². The molecule has 0 N–H and O–H groups in total. The average molecular weight is 416 g/mol. The molecular formula is C19H15F3N6O2. The first kappa shape index (κ1) is 19.6. The number of benzene rings is 2. The fraction of sp³-hybridized carbons (Fsp3) is 0.211. The molecule has 0 radical (unpaired) electrons. The summed E-state index contributed by atoms with van der Waals surface area (Å²) in [7, 11) is 0. The minimum absolute atomic E-state index is 0.00969. The van der Waals surface area contributed by atoms with E-state index >= 15 is 0 Å². The van der Waals surface area contributed by atoms with Crippen LogP contribution in [0.5, 0.6) is 5.75 Å². The smallest absolute Gasteiger partial charge is 0.416 e. The molecule has 11 heteroatoms. The second kappa shape index (κ2) is 7.93. The van der Waals surface area contributed by atoms with Gasteiger partial charge in [0.2, 0.25) is 11.6 Å². The lowest BCUT2D eigenvalue weighted by atomic mass is 10.1. The van der Waals surface area contributed by atoms with Crippen molar-refractivity contribution in [2.24, 2.45) is 0 Å². The normalized spacial score (nSPS) is 11.6. The topological polar surface area (TPSA) is 91.8 Å². The molecule has 154 valence electrons. The third kappa shape index (κ3) is 4.14. The van der Waals surface area contributed by atoms with E-state index in [1.807, 2.05) is 19.1 Å². The summed E-state index contributed by atoms with van der Waals surface area (Å²) in [5.74, 6) is 1.23. The first-order valence-corrected chi connectivity index (χ1v) is 8.94. The van der Waals surface area contributed by atoms with E-state index in [2.05, 4.69) is 25.6 Å². The van der Waals surface area contributed by atoms with Crippen molar-refractivity contribution in [1.82, 2.24) is 30.3 Å². The maximum atomic E-state index is 12.9. The average Bonchev–Trinajstić information content (AvgIpc) is 3.38. The molecule has 0 fully saturated rings. The predicted molar refractivity (Wildman–Crippen MR) is 98.3 cm³/mol. The molecule has 2 aromatic carbocycles. The summed E-state index contributed by atoms with van der Waals surface area (Å²) in [6.07, 6.45) is -4.45. The highest BCUT2D eigenvalue weighted by Gasteiger charge is 2.30. The lowest BCUT2D eigenvalue weighted by Crippen LogP contribution is -2.05. The van der Waals surface area contributed by atoms with Crippen molar-refractivity contribution in [3.8, 4) is 28.5 Å². The Bertz CT molecular complexity index is 1150. The number of hydrogen-bond donors (Lipinski definition) is 0. The Hall–Kier alpha value is -3.76. The molecule has 0 unspecified atom stereocenters. The van der Waals surface area contributed by atoms with Gasteiger partial charge in [-0.2, -0.15) is 23.0 Å². The Labute approximate surface area is 168 Å². The van der Waals surface area contributed by atoms with Gasteiger partial charge in [-0.15, -0.1) is 10.2 Å². The van der Waals surface area contributed by atoms with Crippen molar-refractivity contribution in [2.45, 2.75) is 19.6 Å². The van der Waals surface area contributed by atoms with Crippen LogP contribution in [0.4, 0.5) is 13.2 Å². The first-order valence-electron chi connectivity index (χ1n) is 8.94. The summed E-state index contributed by atoms with van der Waals surface area (Å²) in [5.41, 5.74) is 0.0874. The lowest BCUT2D eigenvalue weighted by Gasteiger charge is -2.06. The molecule has 0 atom stereocenters. The molecule has 0 aliphatic carbocycles. The van der Waals surface area contributed by atoms with Gasteiger partial charge in [0.15, 0.2) is 0 Å². The lowest BCUT2D eigenvalue weighted by molar-refractivity contribution is -0.137. The quantitative estimate of drug-likeness (QED) is 0.471. The zero-order chi connectivity index (χ0) is 21.1. The fourth-order valence-electron chi connectivity index (χ4n) is 2.74. The van der Waals surface area contributed by atoms with E-state index in [1.165, 1.54) is 16.9 Å². The summed E-state index contributed by atoms with van der Waals surface area (Å²) < 4.78 is 49.5. The van der Waals surface area contributed by atoms with Crippen LogP contribution in [-0.2, 0) is 12.7 Å². The van der Waals surface area contributed by atoms with Gasteiger partial charge in [0, 0.05) is 5.56 Å². The van der Waals surface area contributed by atoms with Crippen molar-refractivity contribution < 1.29 is 22.4 Å². The van der Waals surface area contributed by atoms with Gasteiger partial charge in [-0.25, -0.2) is 0 Å². The Morgan fingerprint density at radius 3 is 2.70 bits per heavy atom. The summed E-state index contributed by atoms with van der Waals surface area (Å²) >= 11 is 0. The molecule has 0 saturated heterocycles. The van der Waals surface area contributed by atoms with E-state index < -0.39 is 11.7 Å². The fourth-order valence-corrected chi connectivity index (χ4v) is 2.74. The third-order valence-electron chi connectivity index (χ3n) is 4.07. The minimum Gasteiger partial charge on any atom is -0.493 e. The van der Waals surface area contributed by atoms with Crippen LogP contribution in [0.2, 0.25) is 0 Å². The number of aromatic nitrogens is 6. The molecule has 0 saturated carbocycles. The predicted octanol–water partition coefficient (Wildman–Crippen LogP) is 3.86. The van der Waals surface area contributed by atoms with Crippen LogP contribution >= 0.6 is 0 Å². The molecule has 0 amide bonds. The van der Waals surface area contributed by atoms with Gasteiger partial charge in [-0.3, -0.25) is 0 Å². The first-order chi connectivity index (χ1) is 14.4. The van der Waals surface area contributed by atoms with E-state index in [1.54, 1.807) is 12.1 Å². The van der Waals surface area contributed by atoms with Crippen LogP contribution in [0.15, 0.2) is 53.1 Å². The van der Waals surface area contributed by atoms with Crippen molar-refractivity contribution in [3.63, 3.8) is 0 Å². The Balaban J connectivity index is 1.53. The molecule has 4 rings (SSSR count). The SMILES string of the molecule is CCOc1ccccc1-c1noc(Cn2nnc(-c3cccc(C(F)(F)F)c3)n2)n1. The molecular weight excluding hydrogens is 401 g/mol. The van der Waals surface area contributed by atoms with Crippen LogP contribution in [0.3, 0.4) is 0 Å². The summed E-state index contributed by atoms with van der Waals surface area (Å²) in [5, 5.41) is 15.7. The Morgan fingerprint density at radius 1 is 1.07 bits per heavy atom. The number of para-hydroxylation sites is 1. The van der Waals surface area contributed by atoms with E-state index in [9.17, 15) is 13.2 Å². The molecule has 0 aliphatic heterocycles.